The van der Waals surface area contributed by atoms with Crippen molar-refractivity contribution in [2.45, 2.75) is 32.7 Å². The lowest BCUT2D eigenvalue weighted by Gasteiger charge is -2.31. The van der Waals surface area contributed by atoms with Crippen molar-refractivity contribution in [1.82, 2.24) is 4.98 Å². The molecule has 0 aliphatic carbocycles. The van der Waals surface area contributed by atoms with Crippen LogP contribution in [0.4, 0.5) is 11.4 Å². The summed E-state index contributed by atoms with van der Waals surface area (Å²) in [7, 11) is 0. The van der Waals surface area contributed by atoms with Gasteiger partial charge in [-0.1, -0.05) is 25.1 Å². The summed E-state index contributed by atoms with van der Waals surface area (Å²) in [6, 6.07) is 17.9. The normalized spacial score (nSPS) is 11.4. The maximum Gasteiger partial charge on any atom is 0.325 e. The minimum absolute atomic E-state index is 0.0507. The molecule has 8 heteroatoms. The molecule has 4 N–H and O–H groups in total. The molecule has 2 aromatic carbocycles. The van der Waals surface area contributed by atoms with Crippen LogP contribution in [0, 0.1) is 5.41 Å². The van der Waals surface area contributed by atoms with Gasteiger partial charge in [0.25, 0.3) is 0 Å². The number of carbonyl (C=O) groups excluding carboxylic acids is 2. The Hall–Kier alpha value is -4.20. The minimum atomic E-state index is -0.613. The number of nitrogens with two attached hydrogens (primary N) is 1. The number of ether oxygens (including phenoxy) is 1. The molecule has 1 amide bonds. The molecule has 0 saturated heterocycles. The summed E-state index contributed by atoms with van der Waals surface area (Å²) in [5.74, 6) is -0.702. The van der Waals surface area contributed by atoms with Gasteiger partial charge >= 0.3 is 5.97 Å². The lowest BCUT2D eigenvalue weighted by atomic mass is 10.1. The van der Waals surface area contributed by atoms with Crippen LogP contribution in [0.1, 0.15) is 37.0 Å². The molecular formula is C27H31N5O3. The van der Waals surface area contributed by atoms with Gasteiger partial charge in [-0.2, -0.15) is 0 Å². The van der Waals surface area contributed by atoms with Gasteiger partial charge in [-0.25, -0.2) is 0 Å². The van der Waals surface area contributed by atoms with Crippen molar-refractivity contribution in [3.05, 3.63) is 89.7 Å². The van der Waals surface area contributed by atoms with E-state index in [-0.39, 0.29) is 24.9 Å². The second-order valence-corrected chi connectivity index (χ2v) is 8.04. The van der Waals surface area contributed by atoms with E-state index in [0.29, 0.717) is 23.4 Å². The Morgan fingerprint density at radius 1 is 1.06 bits per heavy atom. The van der Waals surface area contributed by atoms with E-state index in [1.54, 1.807) is 42.3 Å². The van der Waals surface area contributed by atoms with Crippen LogP contribution < -0.4 is 16.0 Å². The molecule has 0 saturated carbocycles. The first-order valence-electron chi connectivity index (χ1n) is 11.6. The number of hydrogen-bond donors (Lipinski definition) is 3. The fourth-order valence-electron chi connectivity index (χ4n) is 3.78. The first-order chi connectivity index (χ1) is 16.9. The summed E-state index contributed by atoms with van der Waals surface area (Å²) in [6.45, 7) is 3.81. The van der Waals surface area contributed by atoms with Gasteiger partial charge in [0.15, 0.2) is 0 Å². The zero-order valence-electron chi connectivity index (χ0n) is 20.0. The fourth-order valence-corrected chi connectivity index (χ4v) is 3.78. The first kappa shape index (κ1) is 25.4. The number of amides is 1. The lowest BCUT2D eigenvalue weighted by molar-refractivity contribution is -0.141. The first-order valence-corrected chi connectivity index (χ1v) is 11.6. The van der Waals surface area contributed by atoms with Crippen LogP contribution in [-0.4, -0.2) is 41.9 Å². The van der Waals surface area contributed by atoms with Crippen LogP contribution in [0.25, 0.3) is 0 Å². The summed E-state index contributed by atoms with van der Waals surface area (Å²) in [5.41, 5.74) is 9.68. The average Bonchev–Trinajstić information content (AvgIpc) is 2.86. The van der Waals surface area contributed by atoms with Crippen LogP contribution >= 0.6 is 0 Å². The lowest BCUT2D eigenvalue weighted by Crippen LogP contribution is -2.46. The van der Waals surface area contributed by atoms with Crippen molar-refractivity contribution in [3.8, 4) is 0 Å². The molecule has 0 fully saturated rings. The smallest absolute Gasteiger partial charge is 0.325 e. The molecule has 35 heavy (non-hydrogen) atoms. The Kier molecular flexibility index (Phi) is 8.95. The second-order valence-electron chi connectivity index (χ2n) is 8.04. The highest BCUT2D eigenvalue weighted by atomic mass is 16.5. The molecule has 0 spiro atoms. The largest absolute Gasteiger partial charge is 0.465 e. The Morgan fingerprint density at radius 2 is 1.77 bits per heavy atom. The van der Waals surface area contributed by atoms with E-state index < -0.39 is 12.0 Å². The highest BCUT2D eigenvalue weighted by molar-refractivity contribution is 5.98. The molecule has 1 aromatic heterocycles. The molecule has 182 valence electrons. The number of hydrogen-bond acceptors (Lipinski definition) is 6. The number of nitrogens with zero attached hydrogens (tertiary/aromatic N) is 2. The Balaban J connectivity index is 1.76. The summed E-state index contributed by atoms with van der Waals surface area (Å²) in [4.78, 5) is 31.5. The molecule has 0 bridgehead atoms. The molecule has 3 aromatic rings. The van der Waals surface area contributed by atoms with Crippen molar-refractivity contribution < 1.29 is 14.3 Å². The van der Waals surface area contributed by atoms with Crippen molar-refractivity contribution >= 4 is 29.1 Å². The number of benzene rings is 2. The van der Waals surface area contributed by atoms with E-state index in [9.17, 15) is 9.59 Å². The number of carbonyl (C=O) groups is 2. The Labute approximate surface area is 205 Å². The maximum absolute atomic E-state index is 13.3. The molecule has 3 rings (SSSR count). The standard InChI is InChI=1S/C27H31N5O3/c1-3-24(32(18-25(33)35-4-2)23-13-9-21(10-14-23)26(28)29)27(34)31-22-11-7-19(8-12-22)16-20-6-5-15-30-17-20/h5-15,17,24H,3-4,16,18H2,1-2H3,(H3,28,29)(H,31,34). The van der Waals surface area contributed by atoms with Gasteiger partial charge in [0, 0.05) is 29.3 Å². The second kappa shape index (κ2) is 12.3. The maximum atomic E-state index is 13.3. The number of aromatic nitrogens is 1. The molecule has 1 heterocycles. The van der Waals surface area contributed by atoms with Crippen molar-refractivity contribution in [2.24, 2.45) is 5.73 Å². The SMILES string of the molecule is CCOC(=O)CN(c1ccc(C(=N)N)cc1)C(CC)C(=O)Nc1ccc(Cc2cccnc2)cc1. The summed E-state index contributed by atoms with van der Waals surface area (Å²) < 4.78 is 5.14. The van der Waals surface area contributed by atoms with E-state index in [1.807, 2.05) is 49.5 Å². The van der Waals surface area contributed by atoms with Crippen molar-refractivity contribution in [3.63, 3.8) is 0 Å². The predicted octanol–water partition coefficient (Wildman–Crippen LogP) is 3.74. The van der Waals surface area contributed by atoms with E-state index in [2.05, 4.69) is 10.3 Å². The summed E-state index contributed by atoms with van der Waals surface area (Å²) >= 11 is 0. The molecule has 0 aliphatic heterocycles. The monoisotopic (exact) mass is 473 g/mol. The van der Waals surface area contributed by atoms with E-state index in [0.717, 1.165) is 17.5 Å². The number of amidine groups is 1. The van der Waals surface area contributed by atoms with Crippen molar-refractivity contribution in [2.75, 3.05) is 23.4 Å². The van der Waals surface area contributed by atoms with Gasteiger partial charge in [0.05, 0.1) is 6.61 Å². The van der Waals surface area contributed by atoms with E-state index in [4.69, 9.17) is 15.9 Å². The van der Waals surface area contributed by atoms with Gasteiger partial charge in [0.1, 0.15) is 18.4 Å². The summed E-state index contributed by atoms with van der Waals surface area (Å²) in [5, 5.41) is 10.6. The molecule has 0 aliphatic rings. The Bertz CT molecular complexity index is 1130. The van der Waals surface area contributed by atoms with E-state index in [1.165, 1.54) is 0 Å². The van der Waals surface area contributed by atoms with Gasteiger partial charge < -0.3 is 20.7 Å². The number of pyridine rings is 1. The molecule has 1 atom stereocenters. The topological polar surface area (TPSA) is 121 Å². The third-order valence-corrected chi connectivity index (χ3v) is 5.53. The van der Waals surface area contributed by atoms with Gasteiger partial charge in [0.2, 0.25) is 5.91 Å². The van der Waals surface area contributed by atoms with E-state index >= 15 is 0 Å². The van der Waals surface area contributed by atoms with Crippen LogP contribution in [0.3, 0.4) is 0 Å². The van der Waals surface area contributed by atoms with Crippen LogP contribution in [-0.2, 0) is 20.7 Å². The van der Waals surface area contributed by atoms with Crippen LogP contribution in [0.15, 0.2) is 73.1 Å². The number of anilines is 2. The van der Waals surface area contributed by atoms with Crippen molar-refractivity contribution in [1.29, 1.82) is 5.41 Å². The molecular weight excluding hydrogens is 442 g/mol. The van der Waals surface area contributed by atoms with Gasteiger partial charge in [-0.3, -0.25) is 20.0 Å². The predicted molar refractivity (Wildman–Crippen MR) is 138 cm³/mol. The summed E-state index contributed by atoms with van der Waals surface area (Å²) in [6.07, 6.45) is 4.81. The molecule has 8 nitrogen and oxygen atoms in total. The minimum Gasteiger partial charge on any atom is -0.465 e. The fraction of sp³-hybridized carbons (Fsp3) is 0.259. The average molecular weight is 474 g/mol. The number of esters is 1. The molecule has 0 radical (unpaired) electrons. The quantitative estimate of drug-likeness (QED) is 0.222. The van der Waals surface area contributed by atoms with Crippen LogP contribution in [0.5, 0.6) is 0 Å². The highest BCUT2D eigenvalue weighted by Gasteiger charge is 2.27. The highest BCUT2D eigenvalue weighted by Crippen LogP contribution is 2.22. The Morgan fingerprint density at radius 3 is 2.34 bits per heavy atom. The third kappa shape index (κ3) is 7.14. The number of nitrogens with one attached hydrogen (secondary N) is 2. The van der Waals surface area contributed by atoms with Gasteiger partial charge in [-0.05, 0) is 73.4 Å². The van der Waals surface area contributed by atoms with Gasteiger partial charge in [-0.15, -0.1) is 0 Å². The number of nitrogen functional groups attached to an aromatic ring is 1. The number of rotatable bonds is 11. The zero-order chi connectivity index (χ0) is 25.2. The molecule has 1 unspecified atom stereocenters. The third-order valence-electron chi connectivity index (χ3n) is 5.53. The van der Waals surface area contributed by atoms with Crippen LogP contribution in [0.2, 0.25) is 0 Å². The zero-order valence-corrected chi connectivity index (χ0v) is 20.0.